The van der Waals surface area contributed by atoms with Crippen molar-refractivity contribution < 1.29 is 19.5 Å². The van der Waals surface area contributed by atoms with E-state index in [0.717, 1.165) is 0 Å². The Balaban J connectivity index is 2.18. The van der Waals surface area contributed by atoms with Crippen LogP contribution in [0.4, 0.5) is 10.5 Å². The third-order valence-corrected chi connectivity index (χ3v) is 3.20. The lowest BCUT2D eigenvalue weighted by Crippen LogP contribution is -2.49. The molecule has 0 bridgehead atoms. The smallest absolute Gasteiger partial charge is 0.335 e. The highest BCUT2D eigenvalue weighted by molar-refractivity contribution is 6.10. The summed E-state index contributed by atoms with van der Waals surface area (Å²) in [6.07, 6.45) is 2.96. The Morgan fingerprint density at radius 3 is 2.86 bits per heavy atom. The highest BCUT2D eigenvalue weighted by Gasteiger charge is 2.26. The van der Waals surface area contributed by atoms with Crippen LogP contribution in [0.3, 0.4) is 0 Å². The summed E-state index contributed by atoms with van der Waals surface area (Å²) >= 11 is 0. The van der Waals surface area contributed by atoms with Crippen molar-refractivity contribution >= 4 is 34.5 Å². The molecule has 8 nitrogen and oxygen atoms in total. The molecule has 3 amide bonds. The fourth-order valence-corrected chi connectivity index (χ4v) is 2.21. The molecule has 0 atom stereocenters. The highest BCUT2D eigenvalue weighted by atomic mass is 16.4. The summed E-state index contributed by atoms with van der Waals surface area (Å²) in [6.45, 7) is 0.178. The number of nitrogens with zero attached hydrogens (tertiary/aromatic N) is 3. The van der Waals surface area contributed by atoms with Crippen LogP contribution in [0.5, 0.6) is 0 Å². The van der Waals surface area contributed by atoms with E-state index in [-0.39, 0.29) is 24.4 Å². The molecule has 0 spiro atoms. The van der Waals surface area contributed by atoms with Crippen LogP contribution in [0, 0.1) is 0 Å². The van der Waals surface area contributed by atoms with Crippen LogP contribution in [0.25, 0.3) is 10.9 Å². The highest BCUT2D eigenvalue weighted by Crippen LogP contribution is 2.28. The number of carboxylic acid groups (broad SMARTS) is 1. The van der Waals surface area contributed by atoms with Gasteiger partial charge in [-0.25, -0.2) is 19.6 Å². The van der Waals surface area contributed by atoms with Crippen molar-refractivity contribution in [2.45, 2.75) is 6.42 Å². The van der Waals surface area contributed by atoms with E-state index in [9.17, 15) is 14.4 Å². The Bertz CT molecular complexity index is 774. The van der Waals surface area contributed by atoms with Gasteiger partial charge in [0.15, 0.2) is 0 Å². The first-order valence-electron chi connectivity index (χ1n) is 6.14. The number of hydrogen-bond acceptors (Lipinski definition) is 5. The number of benzene rings is 1. The van der Waals surface area contributed by atoms with E-state index in [4.69, 9.17) is 5.11 Å². The minimum absolute atomic E-state index is 0.0147. The molecule has 0 unspecified atom stereocenters. The molecule has 1 aromatic carbocycles. The first kappa shape index (κ1) is 13.0. The molecule has 3 rings (SSSR count). The molecule has 21 heavy (non-hydrogen) atoms. The molecule has 0 saturated carbocycles. The van der Waals surface area contributed by atoms with Gasteiger partial charge in [-0.2, -0.15) is 0 Å². The number of aromatic carboxylic acids is 1. The second-order valence-electron chi connectivity index (χ2n) is 4.51. The number of urea groups is 1. The molecule has 0 aliphatic carbocycles. The number of amides is 3. The van der Waals surface area contributed by atoms with E-state index in [1.165, 1.54) is 29.6 Å². The van der Waals surface area contributed by atoms with Gasteiger partial charge in [0.1, 0.15) is 6.33 Å². The molecule has 2 N–H and O–H groups in total. The topological polar surface area (TPSA) is 112 Å². The first-order chi connectivity index (χ1) is 10.1. The zero-order chi connectivity index (χ0) is 15.0. The van der Waals surface area contributed by atoms with Gasteiger partial charge in [0.25, 0.3) is 0 Å². The second kappa shape index (κ2) is 4.82. The molecule has 8 heteroatoms. The third kappa shape index (κ3) is 2.27. The largest absolute Gasteiger partial charge is 0.478 e. The lowest BCUT2D eigenvalue weighted by Gasteiger charge is -2.27. The van der Waals surface area contributed by atoms with Crippen molar-refractivity contribution in [1.29, 1.82) is 0 Å². The number of anilines is 1. The minimum atomic E-state index is -1.12. The average molecular weight is 286 g/mol. The van der Waals surface area contributed by atoms with E-state index < -0.39 is 12.0 Å². The number of carboxylic acids is 1. The fourth-order valence-electron chi connectivity index (χ4n) is 2.21. The van der Waals surface area contributed by atoms with Crippen LogP contribution in [-0.4, -0.2) is 39.5 Å². The number of hydrogen-bond donors (Lipinski definition) is 2. The molecule has 1 fully saturated rings. The van der Waals surface area contributed by atoms with Gasteiger partial charge in [-0.1, -0.05) is 0 Å². The number of rotatable bonds is 2. The standard InChI is InChI=1S/C13H10N4O4/c18-11-1-2-17(13(21)16-11)10-4-7(12(19)20)3-9-8(10)5-14-6-15-9/h3-6H,1-2H2,(H,19,20)(H,16,18,21). The SMILES string of the molecule is O=C1CCN(c2cc(C(=O)O)cc3ncncc23)C(=O)N1. The quantitative estimate of drug-likeness (QED) is 0.843. The Morgan fingerprint density at radius 1 is 1.33 bits per heavy atom. The van der Waals surface area contributed by atoms with Gasteiger partial charge in [0.05, 0.1) is 16.8 Å². The van der Waals surface area contributed by atoms with Gasteiger partial charge in [-0.05, 0) is 12.1 Å². The van der Waals surface area contributed by atoms with Crippen molar-refractivity contribution in [3.8, 4) is 0 Å². The van der Waals surface area contributed by atoms with Crippen LogP contribution < -0.4 is 10.2 Å². The predicted molar refractivity (Wildman–Crippen MR) is 72.0 cm³/mol. The summed E-state index contributed by atoms with van der Waals surface area (Å²) in [5, 5.41) is 11.9. The van der Waals surface area contributed by atoms with Crippen molar-refractivity contribution in [3.63, 3.8) is 0 Å². The number of carbonyl (C=O) groups excluding carboxylic acids is 2. The van der Waals surface area contributed by atoms with Crippen LogP contribution in [0.2, 0.25) is 0 Å². The summed E-state index contributed by atoms with van der Waals surface area (Å²) in [6, 6.07) is 2.21. The molecule has 1 aliphatic rings. The van der Waals surface area contributed by atoms with Crippen molar-refractivity contribution in [2.24, 2.45) is 0 Å². The Hall–Kier alpha value is -3.03. The Kier molecular flexibility index (Phi) is 2.98. The lowest BCUT2D eigenvalue weighted by molar-refractivity contribution is -0.120. The van der Waals surface area contributed by atoms with Crippen LogP contribution in [0.1, 0.15) is 16.8 Å². The van der Waals surface area contributed by atoms with Gasteiger partial charge in [-0.15, -0.1) is 0 Å². The summed E-state index contributed by atoms with van der Waals surface area (Å²) in [5.41, 5.74) is 0.806. The van der Waals surface area contributed by atoms with E-state index in [2.05, 4.69) is 15.3 Å². The molecular formula is C13H10N4O4. The van der Waals surface area contributed by atoms with Gasteiger partial charge in [0.2, 0.25) is 5.91 Å². The normalized spacial score (nSPS) is 15.1. The summed E-state index contributed by atoms with van der Waals surface area (Å²) < 4.78 is 0. The molecule has 106 valence electrons. The number of aromatic nitrogens is 2. The number of nitrogens with one attached hydrogen (secondary N) is 1. The van der Waals surface area contributed by atoms with Crippen LogP contribution >= 0.6 is 0 Å². The molecule has 1 aliphatic heterocycles. The van der Waals surface area contributed by atoms with Crippen molar-refractivity contribution in [1.82, 2.24) is 15.3 Å². The fraction of sp³-hybridized carbons (Fsp3) is 0.154. The summed E-state index contributed by atoms with van der Waals surface area (Å²) in [5.74, 6) is -1.48. The lowest BCUT2D eigenvalue weighted by atomic mass is 10.1. The molecule has 2 aromatic rings. The van der Waals surface area contributed by atoms with E-state index >= 15 is 0 Å². The zero-order valence-corrected chi connectivity index (χ0v) is 10.7. The molecule has 2 heterocycles. The zero-order valence-electron chi connectivity index (χ0n) is 10.7. The predicted octanol–water partition coefficient (Wildman–Crippen LogP) is 0.774. The van der Waals surface area contributed by atoms with Gasteiger partial charge in [0, 0.05) is 24.5 Å². The molecule has 0 radical (unpaired) electrons. The molecule has 1 aromatic heterocycles. The van der Waals surface area contributed by atoms with Gasteiger partial charge < -0.3 is 5.11 Å². The van der Waals surface area contributed by atoms with E-state index in [0.29, 0.717) is 16.6 Å². The Morgan fingerprint density at radius 2 is 2.14 bits per heavy atom. The number of fused-ring (bicyclic) bond motifs is 1. The maximum absolute atomic E-state index is 11.9. The Labute approximate surface area is 118 Å². The first-order valence-corrected chi connectivity index (χ1v) is 6.14. The average Bonchev–Trinajstić information content (AvgIpc) is 2.46. The monoisotopic (exact) mass is 286 g/mol. The summed E-state index contributed by atoms with van der Waals surface area (Å²) in [7, 11) is 0. The van der Waals surface area contributed by atoms with Crippen LogP contribution in [-0.2, 0) is 4.79 Å². The van der Waals surface area contributed by atoms with E-state index in [1.807, 2.05) is 0 Å². The maximum Gasteiger partial charge on any atom is 0.335 e. The van der Waals surface area contributed by atoms with Gasteiger partial charge >= 0.3 is 12.0 Å². The molecular weight excluding hydrogens is 276 g/mol. The van der Waals surface area contributed by atoms with Gasteiger partial charge in [-0.3, -0.25) is 15.0 Å². The number of imide groups is 1. The third-order valence-electron chi connectivity index (χ3n) is 3.20. The summed E-state index contributed by atoms with van der Waals surface area (Å²) in [4.78, 5) is 43.6. The van der Waals surface area contributed by atoms with Crippen molar-refractivity contribution in [3.05, 3.63) is 30.2 Å². The minimum Gasteiger partial charge on any atom is -0.478 e. The van der Waals surface area contributed by atoms with Crippen molar-refractivity contribution in [2.75, 3.05) is 11.4 Å². The second-order valence-corrected chi connectivity index (χ2v) is 4.51. The number of carbonyl (C=O) groups is 3. The maximum atomic E-state index is 11.9. The molecule has 1 saturated heterocycles. The van der Waals surface area contributed by atoms with Crippen LogP contribution in [0.15, 0.2) is 24.7 Å². The van der Waals surface area contributed by atoms with E-state index in [1.54, 1.807) is 0 Å².